The van der Waals surface area contributed by atoms with Gasteiger partial charge < -0.3 is 10.1 Å². The first-order valence-corrected chi connectivity index (χ1v) is 10.2. The average Bonchev–Trinajstić information content (AvgIpc) is 2.94. The highest BCUT2D eigenvalue weighted by molar-refractivity contribution is 6.31. The van der Waals surface area contributed by atoms with Gasteiger partial charge in [-0.1, -0.05) is 30.5 Å². The second-order valence-electron chi connectivity index (χ2n) is 7.75. The first kappa shape index (κ1) is 21.3. The summed E-state index contributed by atoms with van der Waals surface area (Å²) < 4.78 is 5.25. The zero-order chi connectivity index (χ0) is 21.3. The van der Waals surface area contributed by atoms with Crippen molar-refractivity contribution in [2.45, 2.75) is 58.6 Å². The van der Waals surface area contributed by atoms with Gasteiger partial charge in [-0.3, -0.25) is 19.3 Å². The van der Waals surface area contributed by atoms with E-state index in [0.717, 1.165) is 23.3 Å². The molecule has 0 aromatic heterocycles. The Morgan fingerprint density at radius 3 is 2.31 bits per heavy atom. The predicted molar refractivity (Wildman–Crippen MR) is 107 cm³/mol. The van der Waals surface area contributed by atoms with Gasteiger partial charge in [0.05, 0.1) is 11.8 Å². The van der Waals surface area contributed by atoms with E-state index in [1.807, 2.05) is 6.92 Å². The molecule has 2 aliphatic rings. The average molecular weight is 421 g/mol. The van der Waals surface area contributed by atoms with Crippen molar-refractivity contribution >= 4 is 41.0 Å². The molecule has 4 atom stereocenters. The molecule has 1 heterocycles. The largest absolute Gasteiger partial charge is 0.451 e. The first-order chi connectivity index (χ1) is 13.7. The molecule has 1 aliphatic heterocycles. The molecule has 1 N–H and O–H groups in total. The maximum absolute atomic E-state index is 12.6. The number of carbonyl (C=O) groups is 4. The monoisotopic (exact) mass is 420 g/mol. The first-order valence-electron chi connectivity index (χ1n) is 9.85. The highest BCUT2D eigenvalue weighted by Crippen LogP contribution is 2.39. The minimum atomic E-state index is -1.10. The molecule has 1 aromatic rings. The maximum atomic E-state index is 12.6. The number of anilines is 1. The Kier molecular flexibility index (Phi) is 6.27. The predicted octanol–water partition coefficient (Wildman–Crippen LogP) is 3.08. The number of aryl methyl sites for hydroxylation is 1. The van der Waals surface area contributed by atoms with Gasteiger partial charge in [-0.15, -0.1) is 0 Å². The zero-order valence-corrected chi connectivity index (χ0v) is 17.5. The van der Waals surface area contributed by atoms with Crippen LogP contribution in [0.2, 0.25) is 5.02 Å². The quantitative estimate of drug-likeness (QED) is 0.583. The third kappa shape index (κ3) is 4.29. The van der Waals surface area contributed by atoms with Gasteiger partial charge in [0, 0.05) is 10.7 Å². The molecule has 3 amide bonds. The van der Waals surface area contributed by atoms with Gasteiger partial charge in [0.15, 0.2) is 6.10 Å². The molecule has 0 bridgehead atoms. The fourth-order valence-corrected chi connectivity index (χ4v) is 4.14. The molecular formula is C21H25ClN2O5. The number of halogens is 1. The number of hydrogen-bond donors (Lipinski definition) is 1. The van der Waals surface area contributed by atoms with Crippen LogP contribution in [0.4, 0.5) is 5.69 Å². The van der Waals surface area contributed by atoms with Crippen molar-refractivity contribution in [1.29, 1.82) is 0 Å². The molecule has 0 radical (unpaired) electrons. The topological polar surface area (TPSA) is 92.8 Å². The van der Waals surface area contributed by atoms with Crippen molar-refractivity contribution < 1.29 is 23.9 Å². The van der Waals surface area contributed by atoms with E-state index in [0.29, 0.717) is 23.6 Å². The highest BCUT2D eigenvalue weighted by Gasteiger charge is 2.51. The molecule has 7 nitrogen and oxygen atoms in total. The standard InChI is InChI=1S/C21H25ClN2O5/c1-11-8-9-14(22)10-17(11)23-18(25)13(3)29-21(28)12(2)24-19(26)15-6-4-5-7-16(15)20(24)27/h8-10,12-13,15-16H,4-7H2,1-3H3,(H,23,25)/t12-,13-,15-,16-/m0/s1. The van der Waals surface area contributed by atoms with E-state index in [9.17, 15) is 19.2 Å². The van der Waals surface area contributed by atoms with Crippen LogP contribution in [0.1, 0.15) is 45.1 Å². The Balaban J connectivity index is 1.63. The number of likely N-dealkylation sites (tertiary alicyclic amines) is 1. The fourth-order valence-electron chi connectivity index (χ4n) is 3.96. The van der Waals surface area contributed by atoms with Crippen molar-refractivity contribution in [3.05, 3.63) is 28.8 Å². The van der Waals surface area contributed by atoms with Crippen LogP contribution in [0.3, 0.4) is 0 Å². The zero-order valence-electron chi connectivity index (χ0n) is 16.7. The molecule has 8 heteroatoms. The molecule has 1 aromatic carbocycles. The lowest BCUT2D eigenvalue weighted by molar-refractivity contribution is -0.163. The third-order valence-electron chi connectivity index (χ3n) is 5.72. The molecule has 156 valence electrons. The molecule has 2 fully saturated rings. The number of amides is 3. The molecule has 0 spiro atoms. The Morgan fingerprint density at radius 2 is 1.72 bits per heavy atom. The van der Waals surface area contributed by atoms with E-state index in [4.69, 9.17) is 16.3 Å². The number of nitrogens with zero attached hydrogens (tertiary/aromatic N) is 1. The summed E-state index contributed by atoms with van der Waals surface area (Å²) in [6.45, 7) is 4.71. The molecule has 1 saturated carbocycles. The third-order valence-corrected chi connectivity index (χ3v) is 5.96. The number of hydrogen-bond acceptors (Lipinski definition) is 5. The van der Waals surface area contributed by atoms with Gasteiger partial charge in [-0.2, -0.15) is 0 Å². The number of nitrogens with one attached hydrogen (secondary N) is 1. The van der Waals surface area contributed by atoms with Crippen LogP contribution >= 0.6 is 11.6 Å². The van der Waals surface area contributed by atoms with Crippen LogP contribution in [-0.4, -0.2) is 40.7 Å². The van der Waals surface area contributed by atoms with Crippen LogP contribution in [-0.2, 0) is 23.9 Å². The minimum Gasteiger partial charge on any atom is -0.451 e. The van der Waals surface area contributed by atoms with Crippen LogP contribution < -0.4 is 5.32 Å². The number of fused-ring (bicyclic) bond motifs is 1. The normalized spacial score (nSPS) is 23.4. The summed E-state index contributed by atoms with van der Waals surface area (Å²) in [4.78, 5) is 51.2. The number of ether oxygens (including phenoxy) is 1. The van der Waals surface area contributed by atoms with Crippen molar-refractivity contribution in [2.24, 2.45) is 11.8 Å². The molecule has 1 aliphatic carbocycles. The maximum Gasteiger partial charge on any atom is 0.329 e. The fraction of sp³-hybridized carbons (Fsp3) is 0.524. The lowest BCUT2D eigenvalue weighted by Gasteiger charge is -2.23. The van der Waals surface area contributed by atoms with Crippen molar-refractivity contribution in [3.63, 3.8) is 0 Å². The number of carbonyl (C=O) groups excluding carboxylic acids is 4. The van der Waals surface area contributed by atoms with Gasteiger partial charge in [0.25, 0.3) is 5.91 Å². The number of benzene rings is 1. The van der Waals surface area contributed by atoms with E-state index in [-0.39, 0.29) is 23.7 Å². The smallest absolute Gasteiger partial charge is 0.329 e. The Labute approximate surface area is 174 Å². The van der Waals surface area contributed by atoms with Gasteiger partial charge in [0.2, 0.25) is 11.8 Å². The van der Waals surface area contributed by atoms with Crippen molar-refractivity contribution in [1.82, 2.24) is 4.90 Å². The lowest BCUT2D eigenvalue weighted by Crippen LogP contribution is -2.46. The van der Waals surface area contributed by atoms with Crippen molar-refractivity contribution in [2.75, 3.05) is 5.32 Å². The molecule has 1 saturated heterocycles. The van der Waals surface area contributed by atoms with Gasteiger partial charge in [-0.05, 0) is 51.3 Å². The van der Waals surface area contributed by atoms with E-state index in [2.05, 4.69) is 5.32 Å². The minimum absolute atomic E-state index is 0.309. The summed E-state index contributed by atoms with van der Waals surface area (Å²) in [5.74, 6) is -2.60. The number of esters is 1. The van der Waals surface area contributed by atoms with E-state index < -0.39 is 24.0 Å². The summed E-state index contributed by atoms with van der Waals surface area (Å²) in [6.07, 6.45) is 2.06. The molecular weight excluding hydrogens is 396 g/mol. The summed E-state index contributed by atoms with van der Waals surface area (Å²) in [5.41, 5.74) is 1.33. The molecule has 29 heavy (non-hydrogen) atoms. The Bertz CT molecular complexity index is 831. The Hall–Kier alpha value is -2.41. The number of imide groups is 1. The summed E-state index contributed by atoms with van der Waals surface area (Å²) in [7, 11) is 0. The lowest BCUT2D eigenvalue weighted by atomic mass is 9.81. The van der Waals surface area contributed by atoms with E-state index >= 15 is 0 Å². The Morgan fingerprint density at radius 1 is 1.14 bits per heavy atom. The van der Waals surface area contributed by atoms with E-state index in [1.54, 1.807) is 18.2 Å². The summed E-state index contributed by atoms with van der Waals surface area (Å²) in [5, 5.41) is 3.14. The second-order valence-corrected chi connectivity index (χ2v) is 8.18. The van der Waals surface area contributed by atoms with Crippen LogP contribution in [0.5, 0.6) is 0 Å². The van der Waals surface area contributed by atoms with E-state index in [1.165, 1.54) is 13.8 Å². The van der Waals surface area contributed by atoms with Gasteiger partial charge in [-0.25, -0.2) is 4.79 Å². The second kappa shape index (κ2) is 8.53. The molecule has 0 unspecified atom stereocenters. The highest BCUT2D eigenvalue weighted by atomic mass is 35.5. The summed E-state index contributed by atoms with van der Waals surface area (Å²) in [6, 6.07) is 4.01. The van der Waals surface area contributed by atoms with Gasteiger partial charge >= 0.3 is 5.97 Å². The van der Waals surface area contributed by atoms with Crippen LogP contribution in [0, 0.1) is 18.8 Å². The van der Waals surface area contributed by atoms with Gasteiger partial charge in [0.1, 0.15) is 6.04 Å². The van der Waals surface area contributed by atoms with Crippen molar-refractivity contribution in [3.8, 4) is 0 Å². The summed E-state index contributed by atoms with van der Waals surface area (Å²) >= 11 is 5.95. The number of rotatable bonds is 5. The SMILES string of the molecule is Cc1ccc(Cl)cc1NC(=O)[C@H](C)OC(=O)[C@H](C)N1C(=O)[C@H]2CCCC[C@@H]2C1=O. The van der Waals surface area contributed by atoms with Crippen LogP contribution in [0.25, 0.3) is 0 Å². The molecule has 3 rings (SSSR count). The van der Waals surface area contributed by atoms with Crippen LogP contribution in [0.15, 0.2) is 18.2 Å².